The maximum Gasteiger partial charge on any atom is 0.414 e. The van der Waals surface area contributed by atoms with E-state index in [1.54, 1.807) is 12.0 Å². The van der Waals surface area contributed by atoms with Crippen LogP contribution in [0, 0.1) is 5.92 Å². The molecule has 0 spiro atoms. The fourth-order valence-corrected chi connectivity index (χ4v) is 6.86. The Bertz CT molecular complexity index is 1830. The smallest absolute Gasteiger partial charge is 0.414 e. The van der Waals surface area contributed by atoms with Crippen molar-refractivity contribution in [3.63, 3.8) is 0 Å². The molecule has 3 heterocycles. The van der Waals surface area contributed by atoms with Crippen molar-refractivity contribution in [1.82, 2.24) is 20.1 Å². The van der Waals surface area contributed by atoms with Crippen LogP contribution in [0.25, 0.3) is 22.3 Å². The summed E-state index contributed by atoms with van der Waals surface area (Å²) in [6.45, 7) is 7.84. The molecule has 3 fully saturated rings. The molecule has 1 aliphatic heterocycles. The first-order chi connectivity index (χ1) is 24.6. The minimum absolute atomic E-state index is 0.0512. The van der Waals surface area contributed by atoms with E-state index in [4.69, 9.17) is 29.0 Å². The highest BCUT2D eigenvalue weighted by Crippen LogP contribution is 2.38. The lowest BCUT2D eigenvalue weighted by Crippen LogP contribution is -2.41. The van der Waals surface area contributed by atoms with E-state index in [1.807, 2.05) is 80.1 Å². The zero-order valence-electron chi connectivity index (χ0n) is 30.2. The Morgan fingerprint density at radius 1 is 0.941 bits per heavy atom. The predicted octanol–water partition coefficient (Wildman–Crippen LogP) is 7.54. The van der Waals surface area contributed by atoms with Crippen molar-refractivity contribution < 1.29 is 28.5 Å². The standard InChI is InChI=1S/C40H49N5O6/c1-40(2,3)51-39(47)44(24-27-19-21-49-22-20-27)33-23-34(50-32-7-5-6-8-32)42-36-35(33)43-45(25-26-9-17-31(48-4)18-10-26)37(36)28-11-13-29(14-12-28)38(46)41-30-15-16-30/h9-14,17-18,23,27,30,32H,5-8,15-16,19-22,24-25H2,1-4H3,(H,41,46). The molecule has 0 unspecified atom stereocenters. The predicted molar refractivity (Wildman–Crippen MR) is 196 cm³/mol. The summed E-state index contributed by atoms with van der Waals surface area (Å²) in [5.41, 5.74) is 4.32. The van der Waals surface area contributed by atoms with E-state index in [9.17, 15) is 9.59 Å². The maximum absolute atomic E-state index is 14.2. The molecule has 0 atom stereocenters. The molecule has 51 heavy (non-hydrogen) atoms. The molecule has 1 N–H and O–H groups in total. The lowest BCUT2D eigenvalue weighted by atomic mass is 9.99. The van der Waals surface area contributed by atoms with Gasteiger partial charge in [-0.05, 0) is 108 Å². The molecule has 2 amide bonds. The molecule has 0 radical (unpaired) electrons. The van der Waals surface area contributed by atoms with Crippen molar-refractivity contribution in [3.05, 3.63) is 65.7 Å². The van der Waals surface area contributed by atoms with E-state index in [0.29, 0.717) is 54.5 Å². The number of carbonyl (C=O) groups excluding carboxylic acids is 2. The number of hydrogen-bond acceptors (Lipinski definition) is 8. The van der Waals surface area contributed by atoms with Crippen LogP contribution in [0.1, 0.15) is 88.1 Å². The van der Waals surface area contributed by atoms with Crippen LogP contribution >= 0.6 is 0 Å². The number of pyridine rings is 1. The summed E-state index contributed by atoms with van der Waals surface area (Å²) < 4.78 is 25.6. The molecule has 11 nitrogen and oxygen atoms in total. The average Bonchev–Trinajstić information content (AvgIpc) is 3.64. The van der Waals surface area contributed by atoms with Gasteiger partial charge in [-0.25, -0.2) is 9.78 Å². The summed E-state index contributed by atoms with van der Waals surface area (Å²) in [5, 5.41) is 8.29. The topological polar surface area (TPSA) is 117 Å². The van der Waals surface area contributed by atoms with E-state index >= 15 is 0 Å². The van der Waals surface area contributed by atoms with E-state index in [0.717, 1.165) is 73.9 Å². The molecule has 7 rings (SSSR count). The molecule has 11 heteroatoms. The second kappa shape index (κ2) is 14.9. The van der Waals surface area contributed by atoms with Crippen LogP contribution in [0.15, 0.2) is 54.6 Å². The highest BCUT2D eigenvalue weighted by Gasteiger charge is 2.32. The van der Waals surface area contributed by atoms with Crippen LogP contribution in [0.3, 0.4) is 0 Å². The Morgan fingerprint density at radius 3 is 2.29 bits per heavy atom. The van der Waals surface area contributed by atoms with Gasteiger partial charge in [0, 0.05) is 43.0 Å². The van der Waals surface area contributed by atoms with Crippen molar-refractivity contribution in [3.8, 4) is 22.9 Å². The van der Waals surface area contributed by atoms with E-state index in [1.165, 1.54) is 0 Å². The fraction of sp³-hybridized carbons (Fsp3) is 0.500. The third-order valence-corrected chi connectivity index (χ3v) is 9.75. The quantitative estimate of drug-likeness (QED) is 0.171. The molecule has 2 saturated carbocycles. The number of anilines is 1. The average molecular weight is 696 g/mol. The summed E-state index contributed by atoms with van der Waals surface area (Å²) in [6.07, 6.45) is 7.48. The van der Waals surface area contributed by atoms with Crippen molar-refractivity contribution in [1.29, 1.82) is 0 Å². The molecule has 4 aromatic rings. The Morgan fingerprint density at radius 2 is 1.65 bits per heavy atom. The van der Waals surface area contributed by atoms with Gasteiger partial charge < -0.3 is 24.3 Å². The van der Waals surface area contributed by atoms with Crippen LogP contribution in [0.4, 0.5) is 10.5 Å². The Balaban J connectivity index is 1.38. The zero-order chi connectivity index (χ0) is 35.5. The number of ether oxygens (including phenoxy) is 4. The van der Waals surface area contributed by atoms with Crippen molar-refractivity contribution >= 4 is 28.7 Å². The number of benzene rings is 2. The van der Waals surface area contributed by atoms with Crippen molar-refractivity contribution in [2.75, 3.05) is 31.8 Å². The largest absolute Gasteiger partial charge is 0.497 e. The highest BCUT2D eigenvalue weighted by atomic mass is 16.6. The number of nitrogens with zero attached hydrogens (tertiary/aromatic N) is 4. The monoisotopic (exact) mass is 695 g/mol. The zero-order valence-corrected chi connectivity index (χ0v) is 30.2. The summed E-state index contributed by atoms with van der Waals surface area (Å²) in [5.74, 6) is 1.37. The number of hydrogen-bond donors (Lipinski definition) is 1. The summed E-state index contributed by atoms with van der Waals surface area (Å²) in [7, 11) is 1.65. The lowest BCUT2D eigenvalue weighted by Gasteiger charge is -2.32. The van der Waals surface area contributed by atoms with Gasteiger partial charge in [0.2, 0.25) is 5.88 Å². The fourth-order valence-electron chi connectivity index (χ4n) is 6.86. The molecule has 1 saturated heterocycles. The molecule has 2 aromatic heterocycles. The van der Waals surface area contributed by atoms with Gasteiger partial charge in [0.25, 0.3) is 5.91 Å². The molecule has 0 bridgehead atoms. The molecule has 270 valence electrons. The normalized spacial score (nSPS) is 17.0. The summed E-state index contributed by atoms with van der Waals surface area (Å²) in [4.78, 5) is 33.9. The van der Waals surface area contributed by atoms with Gasteiger partial charge >= 0.3 is 6.09 Å². The minimum Gasteiger partial charge on any atom is -0.497 e. The minimum atomic E-state index is -0.702. The van der Waals surface area contributed by atoms with Crippen LogP contribution in [0.2, 0.25) is 0 Å². The van der Waals surface area contributed by atoms with Gasteiger partial charge in [-0.1, -0.05) is 24.3 Å². The van der Waals surface area contributed by atoms with Gasteiger partial charge in [0.1, 0.15) is 28.5 Å². The summed E-state index contributed by atoms with van der Waals surface area (Å²) >= 11 is 0. The molecule has 3 aliphatic rings. The SMILES string of the molecule is COc1ccc(Cn2nc3c(N(CC4CCOCC4)C(=O)OC(C)(C)C)cc(OC4CCCC4)nc3c2-c2ccc(C(=O)NC3CC3)cc2)cc1. The van der Waals surface area contributed by atoms with Gasteiger partial charge in [-0.3, -0.25) is 14.4 Å². The number of nitrogens with one attached hydrogen (secondary N) is 1. The Hall–Kier alpha value is -4.64. The summed E-state index contributed by atoms with van der Waals surface area (Å²) in [6, 6.07) is 17.6. The second-order valence-corrected chi connectivity index (χ2v) is 15.0. The van der Waals surface area contributed by atoms with E-state index < -0.39 is 11.7 Å². The third-order valence-electron chi connectivity index (χ3n) is 9.75. The van der Waals surface area contributed by atoms with Gasteiger partial charge in [0.05, 0.1) is 25.0 Å². The first-order valence-corrected chi connectivity index (χ1v) is 18.3. The number of rotatable bonds is 11. The number of aromatic nitrogens is 3. The van der Waals surface area contributed by atoms with Crippen LogP contribution in [-0.4, -0.2) is 71.4 Å². The molecule has 2 aliphatic carbocycles. The third kappa shape index (κ3) is 8.47. The van der Waals surface area contributed by atoms with Crippen molar-refractivity contribution in [2.45, 2.75) is 96.4 Å². The number of methoxy groups -OCH3 is 1. The number of fused-ring (bicyclic) bond motifs is 1. The molecular weight excluding hydrogens is 646 g/mol. The van der Waals surface area contributed by atoms with Crippen LogP contribution < -0.4 is 19.7 Å². The van der Waals surface area contributed by atoms with Gasteiger partial charge in [0.15, 0.2) is 0 Å². The Kier molecular flexibility index (Phi) is 10.2. The molecular formula is C40H49N5O6. The van der Waals surface area contributed by atoms with Crippen LogP contribution in [0.5, 0.6) is 11.6 Å². The van der Waals surface area contributed by atoms with Gasteiger partial charge in [-0.15, -0.1) is 0 Å². The van der Waals surface area contributed by atoms with Crippen molar-refractivity contribution in [2.24, 2.45) is 5.92 Å². The number of amides is 2. The van der Waals surface area contributed by atoms with Crippen LogP contribution in [-0.2, 0) is 16.0 Å². The lowest BCUT2D eigenvalue weighted by molar-refractivity contribution is 0.0515. The maximum atomic E-state index is 14.2. The first-order valence-electron chi connectivity index (χ1n) is 18.3. The number of carbonyl (C=O) groups is 2. The highest BCUT2D eigenvalue weighted by molar-refractivity contribution is 6.03. The molecule has 2 aromatic carbocycles. The Labute approximate surface area is 299 Å². The first kappa shape index (κ1) is 34.8. The van der Waals surface area contributed by atoms with Gasteiger partial charge in [-0.2, -0.15) is 5.10 Å². The van der Waals surface area contributed by atoms with E-state index in [2.05, 4.69) is 5.32 Å². The van der Waals surface area contributed by atoms with E-state index in [-0.39, 0.29) is 24.0 Å². The second-order valence-electron chi connectivity index (χ2n) is 15.0.